The van der Waals surface area contributed by atoms with Crippen LogP contribution in [0, 0.1) is 5.92 Å². The summed E-state index contributed by atoms with van der Waals surface area (Å²) in [5, 5.41) is 0. The molecule has 0 radical (unpaired) electrons. The van der Waals surface area contributed by atoms with Crippen molar-refractivity contribution in [2.45, 2.75) is 43.4 Å². The highest BCUT2D eigenvalue weighted by molar-refractivity contribution is 7.90. The van der Waals surface area contributed by atoms with Crippen LogP contribution in [0.1, 0.15) is 38.5 Å². The van der Waals surface area contributed by atoms with E-state index < -0.39 is 10.0 Å². The zero-order valence-electron chi connectivity index (χ0n) is 12.7. The van der Waals surface area contributed by atoms with Gasteiger partial charge in [-0.2, -0.15) is 8.42 Å². The molecule has 22 heavy (non-hydrogen) atoms. The van der Waals surface area contributed by atoms with E-state index in [2.05, 4.69) is 9.30 Å². The summed E-state index contributed by atoms with van der Waals surface area (Å²) in [6.45, 7) is 1.88. The lowest BCUT2D eigenvalue weighted by Gasteiger charge is -2.36. The van der Waals surface area contributed by atoms with E-state index in [1.165, 1.54) is 31.4 Å². The second kappa shape index (κ2) is 6.28. The molecule has 120 valence electrons. The summed E-state index contributed by atoms with van der Waals surface area (Å²) in [7, 11) is -3.64. The first kappa shape index (κ1) is 15.3. The van der Waals surface area contributed by atoms with Crippen molar-refractivity contribution >= 4 is 21.5 Å². The number of rotatable bonds is 4. The van der Waals surface area contributed by atoms with Gasteiger partial charge in [0.2, 0.25) is 0 Å². The van der Waals surface area contributed by atoms with Crippen molar-refractivity contribution in [1.82, 2.24) is 4.90 Å². The Hall–Kier alpha value is -1.56. The Labute approximate surface area is 132 Å². The topological polar surface area (TPSA) is 75.8 Å². The van der Waals surface area contributed by atoms with Gasteiger partial charge in [0.05, 0.1) is 4.90 Å². The third kappa shape index (κ3) is 3.43. The van der Waals surface area contributed by atoms with Gasteiger partial charge < -0.3 is 10.6 Å². The molecule has 0 spiro atoms. The molecule has 1 aliphatic carbocycles. The lowest BCUT2D eigenvalue weighted by Crippen LogP contribution is -2.40. The largest absolute Gasteiger partial charge is 0.399 e. The third-order valence-corrected chi connectivity index (χ3v) is 5.87. The summed E-state index contributed by atoms with van der Waals surface area (Å²) in [5.41, 5.74) is 6.17. The Morgan fingerprint density at radius 2 is 1.86 bits per heavy atom. The molecule has 5 nitrogen and oxygen atoms in total. The number of nitrogens with zero attached hydrogens (tertiary/aromatic N) is 2. The minimum atomic E-state index is -3.64. The van der Waals surface area contributed by atoms with E-state index in [1.807, 2.05) is 0 Å². The van der Waals surface area contributed by atoms with Crippen molar-refractivity contribution in [2.75, 3.05) is 18.8 Å². The van der Waals surface area contributed by atoms with Crippen molar-refractivity contribution < 1.29 is 8.42 Å². The van der Waals surface area contributed by atoms with E-state index in [0.717, 1.165) is 38.2 Å². The van der Waals surface area contributed by atoms with Crippen LogP contribution >= 0.6 is 0 Å². The Morgan fingerprint density at radius 3 is 2.50 bits per heavy atom. The Bertz CT molecular complexity index is 648. The van der Waals surface area contributed by atoms with Crippen LogP contribution in [0.3, 0.4) is 0 Å². The molecule has 0 unspecified atom stereocenters. The highest BCUT2D eigenvalue weighted by atomic mass is 32.2. The molecule has 1 heterocycles. The fourth-order valence-electron chi connectivity index (χ4n) is 2.99. The monoisotopic (exact) mass is 321 g/mol. The first-order valence-electron chi connectivity index (χ1n) is 7.99. The lowest BCUT2D eigenvalue weighted by atomic mass is 9.85. The second-order valence-electron chi connectivity index (χ2n) is 6.25. The van der Waals surface area contributed by atoms with Gasteiger partial charge in [0, 0.05) is 25.2 Å². The summed E-state index contributed by atoms with van der Waals surface area (Å²) in [4.78, 5) is 2.39. The number of anilines is 1. The maximum atomic E-state index is 12.5. The van der Waals surface area contributed by atoms with Gasteiger partial charge in [-0.1, -0.05) is 6.42 Å². The van der Waals surface area contributed by atoms with Crippen LogP contribution in [-0.4, -0.2) is 32.2 Å². The van der Waals surface area contributed by atoms with E-state index in [4.69, 9.17) is 5.73 Å². The smallest absolute Gasteiger partial charge is 0.283 e. The molecular weight excluding hydrogens is 298 g/mol. The molecule has 1 saturated carbocycles. The van der Waals surface area contributed by atoms with E-state index in [1.54, 1.807) is 12.1 Å². The third-order valence-electron chi connectivity index (χ3n) is 4.55. The van der Waals surface area contributed by atoms with Crippen molar-refractivity contribution in [3.05, 3.63) is 24.3 Å². The van der Waals surface area contributed by atoms with Gasteiger partial charge in [0.1, 0.15) is 5.84 Å². The van der Waals surface area contributed by atoms with Crippen LogP contribution in [0.4, 0.5) is 5.69 Å². The van der Waals surface area contributed by atoms with E-state index >= 15 is 0 Å². The summed E-state index contributed by atoms with van der Waals surface area (Å²) in [5.74, 6) is 1.44. The molecule has 1 aliphatic heterocycles. The fraction of sp³-hybridized carbons (Fsp3) is 0.562. The molecular formula is C16H23N3O2S. The van der Waals surface area contributed by atoms with Gasteiger partial charge in [0.25, 0.3) is 10.0 Å². The van der Waals surface area contributed by atoms with Crippen molar-refractivity contribution in [1.29, 1.82) is 0 Å². The Morgan fingerprint density at radius 1 is 1.14 bits per heavy atom. The molecule has 0 amide bonds. The fourth-order valence-corrected chi connectivity index (χ4v) is 4.06. The average Bonchev–Trinajstić information content (AvgIpc) is 2.44. The zero-order valence-corrected chi connectivity index (χ0v) is 13.6. The molecule has 0 bridgehead atoms. The SMILES string of the molecule is Nc1ccc(S(=O)(=O)/N=C2\CCCCN2CC2CCC2)cc1. The van der Waals surface area contributed by atoms with Crippen molar-refractivity contribution in [3.8, 4) is 0 Å². The predicted octanol–water partition coefficient (Wildman–Crippen LogP) is 2.64. The molecule has 0 aromatic heterocycles. The predicted molar refractivity (Wildman–Crippen MR) is 88.2 cm³/mol. The Balaban J connectivity index is 1.81. The number of sulfonamides is 1. The second-order valence-corrected chi connectivity index (χ2v) is 7.86. The number of hydrogen-bond acceptors (Lipinski definition) is 3. The molecule has 1 aromatic carbocycles. The van der Waals surface area contributed by atoms with Crippen LogP contribution in [0.5, 0.6) is 0 Å². The number of likely N-dealkylation sites (tertiary alicyclic amines) is 1. The maximum Gasteiger partial charge on any atom is 0.283 e. The van der Waals surface area contributed by atoms with Gasteiger partial charge in [-0.05, 0) is 55.9 Å². The van der Waals surface area contributed by atoms with Crippen LogP contribution in [-0.2, 0) is 10.0 Å². The molecule has 3 rings (SSSR count). The number of benzene rings is 1. The van der Waals surface area contributed by atoms with Crippen LogP contribution < -0.4 is 5.73 Å². The van der Waals surface area contributed by atoms with Crippen molar-refractivity contribution in [3.63, 3.8) is 0 Å². The molecule has 6 heteroatoms. The van der Waals surface area contributed by atoms with Crippen LogP contribution in [0.2, 0.25) is 0 Å². The standard InChI is InChI=1S/C16H23N3O2S/c17-14-7-9-15(10-8-14)22(20,21)18-16-6-1-2-11-19(16)12-13-4-3-5-13/h7-10,13H,1-6,11-12,17H2/b18-16+. The van der Waals surface area contributed by atoms with Crippen LogP contribution in [0.15, 0.2) is 33.6 Å². The van der Waals surface area contributed by atoms with E-state index in [9.17, 15) is 8.42 Å². The van der Waals surface area contributed by atoms with Gasteiger partial charge in [0.15, 0.2) is 0 Å². The molecule has 0 atom stereocenters. The highest BCUT2D eigenvalue weighted by Crippen LogP contribution is 2.29. The number of amidine groups is 1. The van der Waals surface area contributed by atoms with Gasteiger partial charge in [-0.15, -0.1) is 4.40 Å². The number of hydrogen-bond donors (Lipinski definition) is 1. The zero-order chi connectivity index (χ0) is 15.6. The maximum absolute atomic E-state index is 12.5. The lowest BCUT2D eigenvalue weighted by molar-refractivity contribution is 0.228. The number of piperidine rings is 1. The minimum Gasteiger partial charge on any atom is -0.399 e. The van der Waals surface area contributed by atoms with Gasteiger partial charge >= 0.3 is 0 Å². The van der Waals surface area contributed by atoms with E-state index in [-0.39, 0.29) is 4.90 Å². The summed E-state index contributed by atoms with van der Waals surface area (Å²) < 4.78 is 29.1. The van der Waals surface area contributed by atoms with Gasteiger partial charge in [-0.25, -0.2) is 0 Å². The Kier molecular flexibility index (Phi) is 4.38. The first-order valence-corrected chi connectivity index (χ1v) is 9.43. The van der Waals surface area contributed by atoms with Gasteiger partial charge in [-0.3, -0.25) is 0 Å². The average molecular weight is 321 g/mol. The quantitative estimate of drug-likeness (QED) is 0.865. The summed E-state index contributed by atoms with van der Waals surface area (Å²) in [6.07, 6.45) is 6.70. The highest BCUT2D eigenvalue weighted by Gasteiger charge is 2.26. The molecule has 2 aliphatic rings. The first-order chi connectivity index (χ1) is 10.5. The molecule has 2 fully saturated rings. The normalized spacial score (nSPS) is 21.8. The van der Waals surface area contributed by atoms with Crippen LogP contribution in [0.25, 0.3) is 0 Å². The summed E-state index contributed by atoms with van der Waals surface area (Å²) >= 11 is 0. The van der Waals surface area contributed by atoms with Crippen molar-refractivity contribution in [2.24, 2.45) is 10.3 Å². The summed E-state index contributed by atoms with van der Waals surface area (Å²) in [6, 6.07) is 6.24. The molecule has 1 aromatic rings. The minimum absolute atomic E-state index is 0.211. The van der Waals surface area contributed by atoms with E-state index in [0.29, 0.717) is 11.6 Å². The number of nitrogens with two attached hydrogens (primary N) is 1. The number of nitrogen functional groups attached to an aromatic ring is 1. The molecule has 1 saturated heterocycles. The molecule has 2 N–H and O–H groups in total.